The Bertz CT molecular complexity index is 1240. The second-order valence-corrected chi connectivity index (χ2v) is 10.8. The molecular formula is C27H43N7O14. The Morgan fingerprint density at radius 2 is 0.708 bits per heavy atom. The largest absolute Gasteiger partial charge is 0.481 e. The lowest BCUT2D eigenvalue weighted by Crippen LogP contribution is -2.58. The van der Waals surface area contributed by atoms with Gasteiger partial charge >= 0.3 is 23.9 Å². The van der Waals surface area contributed by atoms with Crippen LogP contribution in [0.15, 0.2) is 0 Å². The fourth-order valence-electron chi connectivity index (χ4n) is 3.66. The molecule has 0 saturated carbocycles. The highest BCUT2D eigenvalue weighted by Gasteiger charge is 2.32. The van der Waals surface area contributed by atoms with Crippen LogP contribution >= 0.6 is 0 Å². The number of carbonyl (C=O) groups is 10. The molecule has 6 amide bonds. The highest BCUT2D eigenvalue weighted by Crippen LogP contribution is 2.06. The summed E-state index contributed by atoms with van der Waals surface area (Å²) >= 11 is 0. The molecule has 0 aliphatic heterocycles. The number of nitrogens with two attached hydrogens (primary N) is 1. The smallest absolute Gasteiger partial charge is 0.326 e. The molecule has 0 fully saturated rings. The molecule has 7 atom stereocenters. The molecule has 0 spiro atoms. The first-order valence-corrected chi connectivity index (χ1v) is 14.6. The van der Waals surface area contributed by atoms with Crippen LogP contribution in [0.25, 0.3) is 0 Å². The molecule has 0 aromatic rings. The highest BCUT2D eigenvalue weighted by molar-refractivity contribution is 5.97. The Kier molecular flexibility index (Phi) is 18.4. The van der Waals surface area contributed by atoms with Crippen molar-refractivity contribution < 1.29 is 68.4 Å². The molecule has 0 aliphatic rings. The number of amides is 6. The van der Waals surface area contributed by atoms with Gasteiger partial charge in [0.15, 0.2) is 0 Å². The quantitative estimate of drug-likeness (QED) is 0.0516. The third-order valence-electron chi connectivity index (χ3n) is 6.49. The molecule has 0 radical (unpaired) electrons. The third kappa shape index (κ3) is 16.8. The van der Waals surface area contributed by atoms with Crippen molar-refractivity contribution >= 4 is 59.3 Å². The van der Waals surface area contributed by atoms with E-state index < -0.39 is 140 Å². The Morgan fingerprint density at radius 3 is 1.02 bits per heavy atom. The van der Waals surface area contributed by atoms with Crippen LogP contribution in [-0.2, 0) is 47.9 Å². The van der Waals surface area contributed by atoms with Gasteiger partial charge in [-0.2, -0.15) is 0 Å². The molecule has 0 unspecified atom stereocenters. The fraction of sp³-hybridized carbons (Fsp3) is 0.630. The van der Waals surface area contributed by atoms with Gasteiger partial charge in [-0.1, -0.05) is 0 Å². The average Bonchev–Trinajstić information content (AvgIpc) is 2.97. The molecule has 270 valence electrons. The summed E-state index contributed by atoms with van der Waals surface area (Å²) in [4.78, 5) is 120. The molecule has 0 heterocycles. The Hall–Kier alpha value is -5.34. The van der Waals surface area contributed by atoms with E-state index in [9.17, 15) is 53.1 Å². The predicted octanol–water partition coefficient (Wildman–Crippen LogP) is -4.02. The van der Waals surface area contributed by atoms with Crippen LogP contribution in [0.4, 0.5) is 0 Å². The van der Waals surface area contributed by atoms with Crippen molar-refractivity contribution in [1.29, 1.82) is 0 Å². The first-order valence-electron chi connectivity index (χ1n) is 14.6. The number of nitrogens with one attached hydrogen (secondary N) is 6. The Labute approximate surface area is 274 Å². The number of carbonyl (C=O) groups excluding carboxylic acids is 6. The first kappa shape index (κ1) is 42.7. The van der Waals surface area contributed by atoms with E-state index in [1.54, 1.807) is 0 Å². The first-order chi connectivity index (χ1) is 22.2. The van der Waals surface area contributed by atoms with Gasteiger partial charge in [0, 0.05) is 19.3 Å². The molecular weight excluding hydrogens is 646 g/mol. The van der Waals surface area contributed by atoms with Crippen LogP contribution in [0, 0.1) is 0 Å². The molecule has 0 rings (SSSR count). The summed E-state index contributed by atoms with van der Waals surface area (Å²) < 4.78 is 0. The van der Waals surface area contributed by atoms with Crippen LogP contribution in [0.1, 0.15) is 66.2 Å². The molecule has 0 saturated heterocycles. The Morgan fingerprint density at radius 1 is 0.438 bits per heavy atom. The number of rotatable bonds is 22. The van der Waals surface area contributed by atoms with E-state index in [1.807, 2.05) is 5.32 Å². The normalized spacial score (nSPS) is 15.0. The molecule has 21 nitrogen and oxygen atoms in total. The summed E-state index contributed by atoms with van der Waals surface area (Å²) in [6, 6.07) is -9.61. The van der Waals surface area contributed by atoms with Gasteiger partial charge < -0.3 is 58.1 Å². The molecule has 0 bridgehead atoms. The summed E-state index contributed by atoms with van der Waals surface area (Å²) in [5.74, 6) is -11.3. The lowest BCUT2D eigenvalue weighted by Gasteiger charge is -2.25. The van der Waals surface area contributed by atoms with Gasteiger partial charge in [0.25, 0.3) is 0 Å². The van der Waals surface area contributed by atoms with Crippen molar-refractivity contribution in [3.05, 3.63) is 0 Å². The summed E-state index contributed by atoms with van der Waals surface area (Å²) in [5, 5.41) is 49.7. The second-order valence-electron chi connectivity index (χ2n) is 10.8. The summed E-state index contributed by atoms with van der Waals surface area (Å²) in [6.45, 7) is 5.22. The number of aliphatic carboxylic acids is 4. The van der Waals surface area contributed by atoms with Crippen molar-refractivity contribution in [1.82, 2.24) is 31.9 Å². The lowest BCUT2D eigenvalue weighted by molar-refractivity contribution is -0.144. The van der Waals surface area contributed by atoms with Gasteiger partial charge in [-0.15, -0.1) is 0 Å². The van der Waals surface area contributed by atoms with E-state index in [0.717, 1.165) is 0 Å². The zero-order valence-electron chi connectivity index (χ0n) is 26.7. The van der Waals surface area contributed by atoms with Crippen molar-refractivity contribution in [3.63, 3.8) is 0 Å². The van der Waals surface area contributed by atoms with Crippen LogP contribution in [0.2, 0.25) is 0 Å². The van der Waals surface area contributed by atoms with E-state index in [-0.39, 0.29) is 0 Å². The highest BCUT2D eigenvalue weighted by atomic mass is 16.4. The van der Waals surface area contributed by atoms with Crippen molar-refractivity contribution in [3.8, 4) is 0 Å². The van der Waals surface area contributed by atoms with Gasteiger partial charge in [0.2, 0.25) is 35.4 Å². The molecule has 12 N–H and O–H groups in total. The van der Waals surface area contributed by atoms with Crippen molar-refractivity contribution in [2.45, 2.75) is 109 Å². The molecule has 48 heavy (non-hydrogen) atoms. The third-order valence-corrected chi connectivity index (χ3v) is 6.49. The van der Waals surface area contributed by atoms with Gasteiger partial charge in [-0.25, -0.2) is 4.79 Å². The topological polar surface area (TPSA) is 350 Å². The van der Waals surface area contributed by atoms with E-state index in [4.69, 9.17) is 21.1 Å². The predicted molar refractivity (Wildman–Crippen MR) is 161 cm³/mol. The van der Waals surface area contributed by atoms with E-state index >= 15 is 0 Å². The van der Waals surface area contributed by atoms with Gasteiger partial charge in [-0.05, 0) is 47.0 Å². The SMILES string of the molecule is C[C@H](N)C(=O)N[C@@H](C)C(=O)N[C@@H](C)C(=O)N[C@@H](C)C(=O)N[C@@H](CCC(=O)O)C(=O)N[C@@H](CCC(=O)O)C(=O)N[C@@H](CCC(=O)O)C(=O)O. The van der Waals surface area contributed by atoms with Gasteiger partial charge in [0.1, 0.15) is 36.3 Å². The monoisotopic (exact) mass is 689 g/mol. The lowest BCUT2D eigenvalue weighted by atomic mass is 10.1. The van der Waals surface area contributed by atoms with E-state index in [1.165, 1.54) is 27.7 Å². The summed E-state index contributed by atoms with van der Waals surface area (Å²) in [5.41, 5.74) is 5.44. The minimum atomic E-state index is -1.71. The van der Waals surface area contributed by atoms with E-state index in [2.05, 4.69) is 26.6 Å². The average molecular weight is 690 g/mol. The zero-order chi connectivity index (χ0) is 37.3. The summed E-state index contributed by atoms with van der Waals surface area (Å²) in [7, 11) is 0. The molecule has 21 heteroatoms. The maximum Gasteiger partial charge on any atom is 0.326 e. The standard InChI is InChI=1S/C27H43N7O14/c1-11(28)21(41)29-12(2)22(42)30-13(3)23(43)31-14(4)24(44)32-15(5-8-18(35)36)25(45)33-16(6-9-19(37)38)26(46)34-17(27(47)48)7-10-20(39)40/h11-17H,5-10,28H2,1-4H3,(H,29,41)(H,30,42)(H,31,43)(H,32,44)(H,33,45)(H,34,46)(H,35,36)(H,37,38)(H,39,40)(H,47,48)/t11-,12-,13-,14-,15-,16-,17-/m0/s1. The second kappa shape index (κ2) is 20.7. The van der Waals surface area contributed by atoms with Crippen molar-refractivity contribution in [2.75, 3.05) is 0 Å². The number of carboxylic acid groups (broad SMARTS) is 4. The Balaban J connectivity index is 5.68. The van der Waals surface area contributed by atoms with Crippen LogP contribution in [0.5, 0.6) is 0 Å². The van der Waals surface area contributed by atoms with Crippen LogP contribution in [-0.4, -0.2) is 122 Å². The molecule has 0 aromatic heterocycles. The minimum Gasteiger partial charge on any atom is -0.481 e. The molecule has 0 aliphatic carbocycles. The molecule has 0 aromatic carbocycles. The van der Waals surface area contributed by atoms with Gasteiger partial charge in [0.05, 0.1) is 6.04 Å². The number of hydrogen-bond donors (Lipinski definition) is 11. The summed E-state index contributed by atoms with van der Waals surface area (Å²) in [6.07, 6.45) is -3.63. The minimum absolute atomic E-state index is 0.533. The number of carboxylic acids is 4. The zero-order valence-corrected chi connectivity index (χ0v) is 26.7. The van der Waals surface area contributed by atoms with Gasteiger partial charge in [-0.3, -0.25) is 43.2 Å². The maximum absolute atomic E-state index is 13.1. The van der Waals surface area contributed by atoms with Crippen molar-refractivity contribution in [2.24, 2.45) is 5.73 Å². The van der Waals surface area contributed by atoms with Crippen LogP contribution in [0.3, 0.4) is 0 Å². The van der Waals surface area contributed by atoms with E-state index in [0.29, 0.717) is 0 Å². The maximum atomic E-state index is 13.1. The fourth-order valence-corrected chi connectivity index (χ4v) is 3.66. The number of hydrogen-bond acceptors (Lipinski definition) is 11. The van der Waals surface area contributed by atoms with Crippen LogP contribution < -0.4 is 37.6 Å².